The standard InChI is InChI=1S/C17H29N5O2/c1-5-6-15-18-12(2)9-16(20-15)19-13-7-8-22(10-14(13)23)11-17(24)21(3)4/h9,13-14,23H,5-8,10-11H2,1-4H3,(H,18,19,20)/t13-,14-/m0/s1. The van der Waals surface area contributed by atoms with Gasteiger partial charge in [0.05, 0.1) is 18.7 Å². The number of β-amino-alcohol motifs (C(OH)–C–C–N with tert-alkyl or cyclic N) is 1. The molecule has 7 nitrogen and oxygen atoms in total. The van der Waals surface area contributed by atoms with Crippen molar-refractivity contribution in [2.75, 3.05) is 39.0 Å². The zero-order valence-corrected chi connectivity index (χ0v) is 15.1. The Morgan fingerprint density at radius 1 is 1.46 bits per heavy atom. The van der Waals surface area contributed by atoms with Crippen LogP contribution in [0.25, 0.3) is 0 Å². The molecule has 2 N–H and O–H groups in total. The molecule has 7 heteroatoms. The highest BCUT2D eigenvalue weighted by molar-refractivity contribution is 5.77. The third-order valence-electron chi connectivity index (χ3n) is 4.23. The molecule has 2 atom stereocenters. The molecule has 2 rings (SSSR count). The Morgan fingerprint density at radius 3 is 2.83 bits per heavy atom. The number of hydrogen-bond donors (Lipinski definition) is 2. The number of carbonyl (C=O) groups excluding carboxylic acids is 1. The molecule has 1 aliphatic heterocycles. The molecule has 2 heterocycles. The summed E-state index contributed by atoms with van der Waals surface area (Å²) < 4.78 is 0. The number of nitrogens with zero attached hydrogens (tertiary/aromatic N) is 4. The van der Waals surface area contributed by atoms with Crippen molar-refractivity contribution in [2.45, 2.75) is 45.3 Å². The maximum atomic E-state index is 11.8. The molecule has 0 saturated carbocycles. The number of hydrogen-bond acceptors (Lipinski definition) is 6. The second kappa shape index (κ2) is 8.39. The summed E-state index contributed by atoms with van der Waals surface area (Å²) in [7, 11) is 3.50. The first kappa shape index (κ1) is 18.6. The van der Waals surface area contributed by atoms with Crippen molar-refractivity contribution in [1.82, 2.24) is 19.8 Å². The van der Waals surface area contributed by atoms with Crippen LogP contribution in [0.4, 0.5) is 5.82 Å². The van der Waals surface area contributed by atoms with Gasteiger partial charge in [-0.15, -0.1) is 0 Å². The van der Waals surface area contributed by atoms with Crippen LogP contribution in [-0.2, 0) is 11.2 Å². The summed E-state index contributed by atoms with van der Waals surface area (Å²) in [6.07, 6.45) is 2.10. The van der Waals surface area contributed by atoms with Gasteiger partial charge in [0.15, 0.2) is 0 Å². The van der Waals surface area contributed by atoms with Gasteiger partial charge < -0.3 is 15.3 Å². The van der Waals surface area contributed by atoms with Crippen LogP contribution in [0.15, 0.2) is 6.07 Å². The monoisotopic (exact) mass is 335 g/mol. The third-order valence-corrected chi connectivity index (χ3v) is 4.23. The molecule has 1 amide bonds. The quantitative estimate of drug-likeness (QED) is 0.795. The average molecular weight is 335 g/mol. The SMILES string of the molecule is CCCc1nc(C)cc(N[C@H]2CCN(CC(=O)N(C)C)C[C@@H]2O)n1. The fraction of sp³-hybridized carbons (Fsp3) is 0.706. The van der Waals surface area contributed by atoms with E-state index < -0.39 is 6.10 Å². The lowest BCUT2D eigenvalue weighted by Gasteiger charge is -2.36. The second-order valence-corrected chi connectivity index (χ2v) is 6.69. The molecular formula is C17H29N5O2. The molecule has 1 aliphatic rings. The van der Waals surface area contributed by atoms with E-state index >= 15 is 0 Å². The van der Waals surface area contributed by atoms with Gasteiger partial charge in [0, 0.05) is 45.4 Å². The third kappa shape index (κ3) is 5.14. The Morgan fingerprint density at radius 2 is 2.21 bits per heavy atom. The smallest absolute Gasteiger partial charge is 0.236 e. The maximum Gasteiger partial charge on any atom is 0.236 e. The van der Waals surface area contributed by atoms with E-state index in [-0.39, 0.29) is 11.9 Å². The van der Waals surface area contributed by atoms with Crippen LogP contribution < -0.4 is 5.32 Å². The van der Waals surface area contributed by atoms with Gasteiger partial charge >= 0.3 is 0 Å². The summed E-state index contributed by atoms with van der Waals surface area (Å²) in [5.41, 5.74) is 0.930. The number of carbonyl (C=O) groups is 1. The number of anilines is 1. The highest BCUT2D eigenvalue weighted by atomic mass is 16.3. The van der Waals surface area contributed by atoms with Gasteiger partial charge in [-0.3, -0.25) is 9.69 Å². The normalized spacial score (nSPS) is 21.5. The zero-order valence-electron chi connectivity index (χ0n) is 15.1. The van der Waals surface area contributed by atoms with Crippen molar-refractivity contribution < 1.29 is 9.90 Å². The molecule has 24 heavy (non-hydrogen) atoms. The van der Waals surface area contributed by atoms with E-state index in [1.807, 2.05) is 17.9 Å². The van der Waals surface area contributed by atoms with Crippen molar-refractivity contribution in [3.63, 3.8) is 0 Å². The van der Waals surface area contributed by atoms with Crippen LogP contribution in [0.5, 0.6) is 0 Å². The minimum atomic E-state index is -0.529. The second-order valence-electron chi connectivity index (χ2n) is 6.69. The predicted octanol–water partition coefficient (Wildman–Crippen LogP) is 0.673. The molecular weight excluding hydrogens is 306 g/mol. The lowest BCUT2D eigenvalue weighted by molar-refractivity contribution is -0.130. The number of aryl methyl sites for hydroxylation is 2. The molecule has 134 valence electrons. The Labute approximate surface area is 144 Å². The number of amides is 1. The molecule has 0 spiro atoms. The lowest BCUT2D eigenvalue weighted by atomic mass is 10.0. The number of likely N-dealkylation sites (N-methyl/N-ethyl adjacent to an activating group) is 1. The van der Waals surface area contributed by atoms with Crippen molar-refractivity contribution in [3.05, 3.63) is 17.6 Å². The van der Waals surface area contributed by atoms with Gasteiger partial charge in [0.1, 0.15) is 11.6 Å². The van der Waals surface area contributed by atoms with Crippen LogP contribution in [0.2, 0.25) is 0 Å². The Hall–Kier alpha value is -1.73. The topological polar surface area (TPSA) is 81.6 Å². The lowest BCUT2D eigenvalue weighted by Crippen LogP contribution is -2.52. The van der Waals surface area contributed by atoms with Crippen molar-refractivity contribution in [2.24, 2.45) is 0 Å². The van der Waals surface area contributed by atoms with E-state index in [1.165, 1.54) is 0 Å². The summed E-state index contributed by atoms with van der Waals surface area (Å²) in [4.78, 5) is 24.3. The van der Waals surface area contributed by atoms with Crippen LogP contribution in [0, 0.1) is 6.92 Å². The number of likely N-dealkylation sites (tertiary alicyclic amines) is 1. The Kier molecular flexibility index (Phi) is 6.51. The molecule has 1 fully saturated rings. The fourth-order valence-electron chi connectivity index (χ4n) is 2.87. The summed E-state index contributed by atoms with van der Waals surface area (Å²) in [6, 6.07) is 1.85. The number of nitrogens with one attached hydrogen (secondary N) is 1. The van der Waals surface area contributed by atoms with E-state index in [0.717, 1.165) is 43.1 Å². The summed E-state index contributed by atoms with van der Waals surface area (Å²) >= 11 is 0. The minimum Gasteiger partial charge on any atom is -0.390 e. The van der Waals surface area contributed by atoms with Gasteiger partial charge in [0.25, 0.3) is 0 Å². The van der Waals surface area contributed by atoms with Crippen molar-refractivity contribution in [1.29, 1.82) is 0 Å². The molecule has 0 aromatic carbocycles. The van der Waals surface area contributed by atoms with Crippen LogP contribution in [0.3, 0.4) is 0 Å². The van der Waals surface area contributed by atoms with Crippen LogP contribution >= 0.6 is 0 Å². The zero-order chi connectivity index (χ0) is 17.7. The number of rotatable bonds is 6. The summed E-state index contributed by atoms with van der Waals surface area (Å²) in [5.74, 6) is 1.67. The molecule has 0 aliphatic carbocycles. The molecule has 0 bridgehead atoms. The van der Waals surface area contributed by atoms with E-state index in [0.29, 0.717) is 13.1 Å². The Bertz CT molecular complexity index is 564. The Balaban J connectivity index is 1.94. The molecule has 0 unspecified atom stereocenters. The largest absolute Gasteiger partial charge is 0.390 e. The van der Waals surface area contributed by atoms with Gasteiger partial charge in [0.2, 0.25) is 5.91 Å². The predicted molar refractivity (Wildman–Crippen MR) is 93.9 cm³/mol. The number of aliphatic hydroxyl groups excluding tert-OH is 1. The number of aromatic nitrogens is 2. The summed E-state index contributed by atoms with van der Waals surface area (Å²) in [5, 5.41) is 13.8. The highest BCUT2D eigenvalue weighted by Gasteiger charge is 2.29. The van der Waals surface area contributed by atoms with Gasteiger partial charge in [-0.05, 0) is 19.8 Å². The van der Waals surface area contributed by atoms with Crippen LogP contribution in [0.1, 0.15) is 31.3 Å². The average Bonchev–Trinajstić information content (AvgIpc) is 2.49. The van der Waals surface area contributed by atoms with Crippen molar-refractivity contribution >= 4 is 11.7 Å². The molecule has 1 aromatic rings. The first-order valence-corrected chi connectivity index (χ1v) is 8.60. The van der Waals surface area contributed by atoms with E-state index in [1.54, 1.807) is 19.0 Å². The van der Waals surface area contributed by atoms with Crippen LogP contribution in [-0.4, -0.2) is 76.7 Å². The summed E-state index contributed by atoms with van der Waals surface area (Å²) in [6.45, 7) is 5.68. The van der Waals surface area contributed by atoms with Gasteiger partial charge in [-0.25, -0.2) is 9.97 Å². The van der Waals surface area contributed by atoms with Gasteiger partial charge in [-0.1, -0.05) is 6.92 Å². The molecule has 1 aromatic heterocycles. The maximum absolute atomic E-state index is 11.8. The van der Waals surface area contributed by atoms with Crippen molar-refractivity contribution in [3.8, 4) is 0 Å². The highest BCUT2D eigenvalue weighted by Crippen LogP contribution is 2.17. The van der Waals surface area contributed by atoms with E-state index in [4.69, 9.17) is 0 Å². The minimum absolute atomic E-state index is 0.0560. The number of piperidine rings is 1. The first-order chi connectivity index (χ1) is 11.4. The van der Waals surface area contributed by atoms with E-state index in [9.17, 15) is 9.90 Å². The van der Waals surface area contributed by atoms with E-state index in [2.05, 4.69) is 22.2 Å². The fourth-order valence-corrected chi connectivity index (χ4v) is 2.87. The molecule has 1 saturated heterocycles. The first-order valence-electron chi connectivity index (χ1n) is 8.60. The van der Waals surface area contributed by atoms with Gasteiger partial charge in [-0.2, -0.15) is 0 Å². The number of aliphatic hydroxyl groups is 1. The molecule has 0 radical (unpaired) electrons.